The maximum Gasteiger partial charge on any atom is 0.409 e. The van der Waals surface area contributed by atoms with Crippen LogP contribution in [0.25, 0.3) is 11.3 Å². The van der Waals surface area contributed by atoms with Gasteiger partial charge < -0.3 is 15.0 Å². The van der Waals surface area contributed by atoms with Crippen molar-refractivity contribution in [3.63, 3.8) is 0 Å². The van der Waals surface area contributed by atoms with Crippen LogP contribution in [0, 0.1) is 13.8 Å². The zero-order chi connectivity index (χ0) is 22.4. The molecule has 1 N–H and O–H groups in total. The smallest absolute Gasteiger partial charge is 0.409 e. The van der Waals surface area contributed by atoms with Crippen molar-refractivity contribution < 1.29 is 14.3 Å². The van der Waals surface area contributed by atoms with Gasteiger partial charge in [-0.15, -0.1) is 0 Å². The van der Waals surface area contributed by atoms with Gasteiger partial charge in [-0.05, 0) is 56.9 Å². The van der Waals surface area contributed by atoms with Crippen LogP contribution in [-0.2, 0) is 16.1 Å². The summed E-state index contributed by atoms with van der Waals surface area (Å²) in [5, 5.41) is 7.44. The van der Waals surface area contributed by atoms with Crippen molar-refractivity contribution >= 4 is 12.0 Å². The number of benzene rings is 1. The van der Waals surface area contributed by atoms with Crippen molar-refractivity contribution in [2.45, 2.75) is 52.6 Å². The van der Waals surface area contributed by atoms with Crippen LogP contribution in [-0.4, -0.2) is 52.4 Å². The normalized spacial score (nSPS) is 14.4. The van der Waals surface area contributed by atoms with E-state index >= 15 is 0 Å². The van der Waals surface area contributed by atoms with Gasteiger partial charge in [0.2, 0.25) is 5.91 Å². The number of rotatable bonds is 6. The van der Waals surface area contributed by atoms with Gasteiger partial charge in [0.15, 0.2) is 0 Å². The molecule has 1 saturated heterocycles. The van der Waals surface area contributed by atoms with Gasteiger partial charge >= 0.3 is 6.09 Å². The van der Waals surface area contributed by atoms with E-state index in [4.69, 9.17) is 4.74 Å². The molecule has 0 bridgehead atoms. The van der Waals surface area contributed by atoms with Crippen LogP contribution >= 0.6 is 0 Å². The number of likely N-dealkylation sites (tertiary alicyclic amines) is 1. The monoisotopic (exact) mass is 426 g/mol. The molecule has 2 aromatic rings. The van der Waals surface area contributed by atoms with E-state index in [9.17, 15) is 14.4 Å². The minimum absolute atomic E-state index is 0.0183. The Kier molecular flexibility index (Phi) is 7.44. The number of carbonyl (C=O) groups is 2. The highest BCUT2D eigenvalue weighted by Gasteiger charge is 2.24. The van der Waals surface area contributed by atoms with Crippen LogP contribution < -0.4 is 10.9 Å². The number of amides is 2. The Balaban J connectivity index is 1.54. The second kappa shape index (κ2) is 10.2. The number of ether oxygens (including phenoxy) is 1. The average Bonchev–Trinajstić information content (AvgIpc) is 2.76. The van der Waals surface area contributed by atoms with Crippen molar-refractivity contribution in [3.05, 3.63) is 51.8 Å². The molecule has 0 saturated carbocycles. The first-order chi connectivity index (χ1) is 14.9. The molecule has 0 radical (unpaired) electrons. The molecule has 31 heavy (non-hydrogen) atoms. The zero-order valence-corrected chi connectivity index (χ0v) is 18.4. The molecule has 3 rings (SSSR count). The number of aromatic nitrogens is 2. The Morgan fingerprint density at radius 3 is 2.55 bits per heavy atom. The third-order valence-corrected chi connectivity index (χ3v) is 5.61. The van der Waals surface area contributed by atoms with Crippen molar-refractivity contribution in [3.8, 4) is 11.3 Å². The summed E-state index contributed by atoms with van der Waals surface area (Å²) in [6.07, 6.45) is 1.23. The number of piperidine rings is 1. The highest BCUT2D eigenvalue weighted by molar-refractivity contribution is 5.76. The summed E-state index contributed by atoms with van der Waals surface area (Å²) in [6, 6.07) is 9.27. The number of nitrogens with one attached hydrogen (secondary N) is 1. The summed E-state index contributed by atoms with van der Waals surface area (Å²) in [4.78, 5) is 38.0. The van der Waals surface area contributed by atoms with Gasteiger partial charge in [0.1, 0.15) is 0 Å². The largest absolute Gasteiger partial charge is 0.450 e. The summed E-state index contributed by atoms with van der Waals surface area (Å²) in [5.74, 6) is -0.125. The van der Waals surface area contributed by atoms with Crippen LogP contribution in [0.15, 0.2) is 35.1 Å². The standard InChI is InChI=1S/C23H30N4O4/c1-4-31-23(30)26-12-9-19(10-13-26)24-21(28)11-14-27-22(29)8-7-20(25-27)18-6-5-16(2)17(3)15-18/h5-8,15,19H,4,9-14H2,1-3H3,(H,24,28). The van der Waals surface area contributed by atoms with Crippen LogP contribution in [0.4, 0.5) is 4.79 Å². The highest BCUT2D eigenvalue weighted by Crippen LogP contribution is 2.19. The number of carbonyl (C=O) groups excluding carboxylic acids is 2. The van der Waals surface area contributed by atoms with Crippen molar-refractivity contribution in [2.75, 3.05) is 19.7 Å². The Labute approximate surface area is 182 Å². The maximum absolute atomic E-state index is 12.4. The lowest BCUT2D eigenvalue weighted by Gasteiger charge is -2.31. The summed E-state index contributed by atoms with van der Waals surface area (Å²) < 4.78 is 6.35. The zero-order valence-electron chi connectivity index (χ0n) is 18.4. The van der Waals surface area contributed by atoms with E-state index in [1.165, 1.54) is 16.3 Å². The molecule has 0 atom stereocenters. The molecular formula is C23H30N4O4. The predicted octanol–water partition coefficient (Wildman–Crippen LogP) is 2.65. The number of nitrogens with zero attached hydrogens (tertiary/aromatic N) is 3. The molecule has 0 spiro atoms. The Morgan fingerprint density at radius 2 is 1.87 bits per heavy atom. The van der Waals surface area contributed by atoms with E-state index in [1.807, 2.05) is 32.0 Å². The second-order valence-electron chi connectivity index (χ2n) is 7.86. The summed E-state index contributed by atoms with van der Waals surface area (Å²) in [5.41, 5.74) is 3.76. The molecule has 166 valence electrons. The van der Waals surface area contributed by atoms with Crippen molar-refractivity contribution in [1.29, 1.82) is 0 Å². The third kappa shape index (κ3) is 5.93. The molecule has 8 heteroatoms. The number of hydrogen-bond acceptors (Lipinski definition) is 5. The average molecular weight is 427 g/mol. The van der Waals surface area contributed by atoms with Crippen LogP contribution in [0.5, 0.6) is 0 Å². The third-order valence-electron chi connectivity index (χ3n) is 5.61. The molecule has 8 nitrogen and oxygen atoms in total. The van der Waals surface area contributed by atoms with E-state index in [2.05, 4.69) is 10.4 Å². The molecule has 1 aromatic heterocycles. The van der Waals surface area contributed by atoms with Crippen molar-refractivity contribution in [1.82, 2.24) is 20.0 Å². The van der Waals surface area contributed by atoms with Gasteiger partial charge in [-0.2, -0.15) is 5.10 Å². The van der Waals surface area contributed by atoms with Gasteiger partial charge in [-0.3, -0.25) is 9.59 Å². The lowest BCUT2D eigenvalue weighted by atomic mass is 10.0. The van der Waals surface area contributed by atoms with E-state index in [-0.39, 0.29) is 36.6 Å². The predicted molar refractivity (Wildman–Crippen MR) is 118 cm³/mol. The fourth-order valence-electron chi connectivity index (χ4n) is 3.59. The quantitative estimate of drug-likeness (QED) is 0.767. The van der Waals surface area contributed by atoms with Gasteiger partial charge in [0.25, 0.3) is 5.56 Å². The Morgan fingerprint density at radius 1 is 1.13 bits per heavy atom. The minimum Gasteiger partial charge on any atom is -0.450 e. The van der Waals surface area contributed by atoms with Gasteiger partial charge in [-0.25, -0.2) is 9.48 Å². The minimum atomic E-state index is -0.304. The molecule has 1 fully saturated rings. The number of hydrogen-bond donors (Lipinski definition) is 1. The van der Waals surface area contributed by atoms with Crippen LogP contribution in [0.2, 0.25) is 0 Å². The highest BCUT2D eigenvalue weighted by atomic mass is 16.6. The van der Waals surface area contributed by atoms with Crippen molar-refractivity contribution in [2.24, 2.45) is 0 Å². The van der Waals surface area contributed by atoms with Crippen LogP contribution in [0.3, 0.4) is 0 Å². The van der Waals surface area contributed by atoms with Gasteiger partial charge in [0, 0.05) is 37.2 Å². The molecule has 0 unspecified atom stereocenters. The van der Waals surface area contributed by atoms with E-state index in [0.29, 0.717) is 38.2 Å². The topological polar surface area (TPSA) is 93.5 Å². The second-order valence-corrected chi connectivity index (χ2v) is 7.86. The first-order valence-electron chi connectivity index (χ1n) is 10.7. The number of aryl methyl sites for hydroxylation is 3. The maximum atomic E-state index is 12.4. The molecule has 0 aliphatic carbocycles. The summed E-state index contributed by atoms with van der Waals surface area (Å²) in [6.45, 7) is 7.55. The lowest BCUT2D eigenvalue weighted by molar-refractivity contribution is -0.122. The van der Waals surface area contributed by atoms with Crippen LogP contribution in [0.1, 0.15) is 37.3 Å². The van der Waals surface area contributed by atoms with E-state index in [0.717, 1.165) is 11.1 Å². The fraction of sp³-hybridized carbons (Fsp3) is 0.478. The first kappa shape index (κ1) is 22.5. The van der Waals surface area contributed by atoms with Gasteiger partial charge in [-0.1, -0.05) is 12.1 Å². The Bertz CT molecular complexity index is 993. The summed E-state index contributed by atoms with van der Waals surface area (Å²) in [7, 11) is 0. The molecule has 1 aliphatic rings. The van der Waals surface area contributed by atoms with E-state index in [1.54, 1.807) is 17.9 Å². The lowest BCUT2D eigenvalue weighted by Crippen LogP contribution is -2.46. The molecular weight excluding hydrogens is 396 g/mol. The SMILES string of the molecule is CCOC(=O)N1CCC(NC(=O)CCn2nc(-c3ccc(C)c(C)c3)ccc2=O)CC1. The molecule has 1 aliphatic heterocycles. The Hall–Kier alpha value is -3.16. The van der Waals surface area contributed by atoms with E-state index < -0.39 is 0 Å². The molecule has 2 heterocycles. The molecule has 1 aromatic carbocycles. The summed E-state index contributed by atoms with van der Waals surface area (Å²) >= 11 is 0. The van der Waals surface area contributed by atoms with Gasteiger partial charge in [0.05, 0.1) is 18.8 Å². The fourth-order valence-corrected chi connectivity index (χ4v) is 3.59. The first-order valence-corrected chi connectivity index (χ1v) is 10.7. The molecule has 2 amide bonds.